The Hall–Kier alpha value is -1.55. The van der Waals surface area contributed by atoms with Gasteiger partial charge in [-0.2, -0.15) is 4.84 Å². The Kier molecular flexibility index (Phi) is 6.00. The number of amides is 1. The number of ether oxygens (including phenoxy) is 1. The average Bonchev–Trinajstić information content (AvgIpc) is 2.08. The smallest absolute Gasteiger partial charge is 0.444 e. The van der Waals surface area contributed by atoms with Crippen molar-refractivity contribution in [2.75, 3.05) is 7.05 Å². The molecule has 0 aliphatic carbocycles. The molecule has 0 aromatic carbocycles. The lowest BCUT2D eigenvalue weighted by Crippen LogP contribution is -2.53. The first-order valence-electron chi connectivity index (χ1n) is 5.90. The molecule has 0 aliphatic rings. The number of halogens is 3. The molecule has 21 heavy (non-hydrogen) atoms. The molecule has 0 aromatic heterocycles. The Labute approximate surface area is 120 Å². The maximum absolute atomic E-state index is 11.9. The maximum Gasteiger partial charge on any atom is 0.541 e. The zero-order valence-electron chi connectivity index (χ0n) is 12.7. The Morgan fingerprint density at radius 1 is 1.14 bits per heavy atom. The van der Waals surface area contributed by atoms with Gasteiger partial charge in [-0.1, -0.05) is 0 Å². The van der Waals surface area contributed by atoms with E-state index in [4.69, 9.17) is 10.1 Å². The van der Waals surface area contributed by atoms with Crippen molar-refractivity contribution >= 4 is 12.0 Å². The topological polar surface area (TPSA) is 83.9 Å². The van der Waals surface area contributed by atoms with Crippen LogP contribution in [0.4, 0.5) is 18.0 Å². The van der Waals surface area contributed by atoms with E-state index in [0.717, 1.165) is 7.05 Å². The summed E-state index contributed by atoms with van der Waals surface area (Å²) in [6, 6.07) is 0. The number of alkyl halides is 3. The van der Waals surface area contributed by atoms with Crippen LogP contribution in [0.2, 0.25) is 0 Å². The third kappa shape index (κ3) is 9.08. The number of hydrogen-bond donors (Lipinski definition) is 2. The Morgan fingerprint density at radius 3 is 2.00 bits per heavy atom. The summed E-state index contributed by atoms with van der Waals surface area (Å²) in [6.07, 6.45) is -5.78. The van der Waals surface area contributed by atoms with Crippen LogP contribution < -0.4 is 5.32 Å². The molecule has 0 aliphatic heterocycles. The summed E-state index contributed by atoms with van der Waals surface area (Å²) in [7, 11) is 0.825. The van der Waals surface area contributed by atoms with Crippen molar-refractivity contribution in [2.45, 2.75) is 52.1 Å². The zero-order chi connectivity index (χ0) is 17.1. The maximum atomic E-state index is 11.9. The third-order valence-electron chi connectivity index (χ3n) is 1.83. The van der Waals surface area contributed by atoms with E-state index in [1.807, 2.05) is 0 Å². The Morgan fingerprint density at radius 2 is 1.62 bits per heavy atom. The molecule has 1 amide bonds. The van der Waals surface area contributed by atoms with Crippen LogP contribution in [-0.2, 0) is 14.4 Å². The van der Waals surface area contributed by atoms with E-state index in [2.05, 4.69) is 15.0 Å². The molecule has 0 bridgehead atoms. The van der Waals surface area contributed by atoms with E-state index >= 15 is 0 Å². The highest BCUT2D eigenvalue weighted by atomic mass is 19.4. The lowest BCUT2D eigenvalue weighted by atomic mass is 10.1. The van der Waals surface area contributed by atoms with Crippen LogP contribution in [0.3, 0.4) is 0 Å². The van der Waals surface area contributed by atoms with E-state index < -0.39 is 29.5 Å². The summed E-state index contributed by atoms with van der Waals surface area (Å²) in [5, 5.41) is 9.85. The largest absolute Gasteiger partial charge is 0.541 e. The molecule has 0 fully saturated rings. The minimum Gasteiger partial charge on any atom is -0.444 e. The van der Waals surface area contributed by atoms with Gasteiger partial charge in [-0.15, -0.1) is 13.2 Å². The molecule has 0 aromatic rings. The number of carbonyl (C=O) groups is 1. The second-order valence-corrected chi connectivity index (χ2v) is 5.65. The minimum atomic E-state index is -4.95. The van der Waals surface area contributed by atoms with Crippen molar-refractivity contribution < 1.29 is 32.4 Å². The van der Waals surface area contributed by atoms with Gasteiger partial charge < -0.3 is 14.9 Å². The van der Waals surface area contributed by atoms with Gasteiger partial charge in [0.25, 0.3) is 0 Å². The van der Waals surface area contributed by atoms with Crippen LogP contribution >= 0.6 is 0 Å². The van der Waals surface area contributed by atoms with Gasteiger partial charge in [0, 0.05) is 0 Å². The van der Waals surface area contributed by atoms with Crippen LogP contribution in [0.5, 0.6) is 0 Å². The number of rotatable bonds is 4. The second kappa shape index (κ2) is 6.48. The van der Waals surface area contributed by atoms with Crippen LogP contribution in [0.15, 0.2) is 0 Å². The first kappa shape index (κ1) is 19.4. The molecule has 0 spiro atoms. The quantitative estimate of drug-likeness (QED) is 0.473. The van der Waals surface area contributed by atoms with E-state index in [1.54, 1.807) is 20.8 Å². The fourth-order valence-electron chi connectivity index (χ4n) is 1.02. The van der Waals surface area contributed by atoms with E-state index in [9.17, 15) is 18.0 Å². The SMILES string of the molecule is CN(OC(=N)C(C)(C)NC(=O)OC(C)(C)C)OC(F)(F)F. The number of alkyl carbamates (subject to hydrolysis) is 1. The van der Waals surface area contributed by atoms with Gasteiger partial charge in [-0.3, -0.25) is 5.41 Å². The van der Waals surface area contributed by atoms with Gasteiger partial charge >= 0.3 is 12.5 Å². The molecule has 0 saturated carbocycles. The van der Waals surface area contributed by atoms with Crippen LogP contribution in [0.25, 0.3) is 0 Å². The molecule has 2 N–H and O–H groups in total. The lowest BCUT2D eigenvalue weighted by Gasteiger charge is -2.29. The lowest BCUT2D eigenvalue weighted by molar-refractivity contribution is -0.471. The van der Waals surface area contributed by atoms with Gasteiger partial charge in [0.15, 0.2) is 0 Å². The fraction of sp³-hybridized carbons (Fsp3) is 0.818. The third-order valence-corrected chi connectivity index (χ3v) is 1.83. The molecule has 10 heteroatoms. The van der Waals surface area contributed by atoms with Crippen molar-refractivity contribution in [3.05, 3.63) is 0 Å². The van der Waals surface area contributed by atoms with Crippen molar-refractivity contribution in [2.24, 2.45) is 0 Å². The predicted molar refractivity (Wildman–Crippen MR) is 67.2 cm³/mol. The number of nitrogens with one attached hydrogen (secondary N) is 2. The molecular weight excluding hydrogens is 295 g/mol. The van der Waals surface area contributed by atoms with Gasteiger partial charge in [0.1, 0.15) is 11.1 Å². The number of carbonyl (C=O) groups excluding carboxylic acids is 1. The Bertz CT molecular complexity index is 391. The second-order valence-electron chi connectivity index (χ2n) is 5.65. The van der Waals surface area contributed by atoms with Crippen LogP contribution in [-0.4, -0.2) is 41.8 Å². The first-order valence-corrected chi connectivity index (χ1v) is 5.90. The summed E-state index contributed by atoms with van der Waals surface area (Å²) in [6.45, 7) is 7.66. The van der Waals surface area contributed by atoms with Crippen molar-refractivity contribution in [3.63, 3.8) is 0 Å². The number of hydroxylamine groups is 2. The predicted octanol–water partition coefficient (Wildman–Crippen LogP) is 2.58. The average molecular weight is 315 g/mol. The Balaban J connectivity index is 4.56. The molecule has 0 radical (unpaired) electrons. The van der Waals surface area contributed by atoms with Gasteiger partial charge in [-0.25, -0.2) is 4.79 Å². The number of nitrogens with zero attached hydrogens (tertiary/aromatic N) is 1. The molecule has 0 saturated heterocycles. The van der Waals surface area contributed by atoms with Gasteiger partial charge in [0.2, 0.25) is 5.90 Å². The minimum absolute atomic E-state index is 0.0269. The molecule has 0 rings (SSSR count). The number of hydrogen-bond acceptors (Lipinski definition) is 6. The molecular formula is C11H20F3N3O4. The summed E-state index contributed by atoms with van der Waals surface area (Å²) in [5.41, 5.74) is -2.15. The van der Waals surface area contributed by atoms with E-state index in [-0.39, 0.29) is 5.23 Å². The molecule has 0 atom stereocenters. The van der Waals surface area contributed by atoms with Crippen LogP contribution in [0, 0.1) is 5.41 Å². The van der Waals surface area contributed by atoms with Crippen LogP contribution in [0.1, 0.15) is 34.6 Å². The molecule has 0 heterocycles. The standard InChI is InChI=1S/C11H20F3N3O4/c1-9(2,3)19-8(18)16-10(4,5)7(15)20-17(6)21-11(12,13)14/h15H,1-6H3,(H,16,18). The van der Waals surface area contributed by atoms with E-state index in [0.29, 0.717) is 0 Å². The molecule has 124 valence electrons. The highest BCUT2D eigenvalue weighted by molar-refractivity contribution is 5.86. The highest BCUT2D eigenvalue weighted by Gasteiger charge is 2.36. The summed E-state index contributed by atoms with van der Waals surface area (Å²) in [4.78, 5) is 19.5. The van der Waals surface area contributed by atoms with Crippen molar-refractivity contribution in [1.82, 2.24) is 10.5 Å². The van der Waals surface area contributed by atoms with E-state index in [1.165, 1.54) is 13.8 Å². The zero-order valence-corrected chi connectivity index (χ0v) is 12.7. The molecule has 7 nitrogen and oxygen atoms in total. The van der Waals surface area contributed by atoms with Crippen molar-refractivity contribution in [3.8, 4) is 0 Å². The van der Waals surface area contributed by atoms with Gasteiger partial charge in [-0.05, 0) is 39.8 Å². The monoisotopic (exact) mass is 315 g/mol. The highest BCUT2D eigenvalue weighted by Crippen LogP contribution is 2.18. The van der Waals surface area contributed by atoms with Gasteiger partial charge in [0.05, 0.1) is 7.05 Å². The molecule has 0 unspecified atom stereocenters. The summed E-state index contributed by atoms with van der Waals surface area (Å²) < 4.78 is 40.8. The first-order chi connectivity index (χ1) is 9.12. The summed E-state index contributed by atoms with van der Waals surface area (Å²) >= 11 is 0. The summed E-state index contributed by atoms with van der Waals surface area (Å²) in [5.74, 6) is -0.667. The van der Waals surface area contributed by atoms with Crippen molar-refractivity contribution in [1.29, 1.82) is 5.41 Å². The normalized spacial score (nSPS) is 13.0. The fourth-order valence-corrected chi connectivity index (χ4v) is 1.02.